The highest BCUT2D eigenvalue weighted by Crippen LogP contribution is 2.26. The normalized spacial score (nSPS) is 17.8. The van der Waals surface area contributed by atoms with E-state index in [2.05, 4.69) is 16.1 Å². The van der Waals surface area contributed by atoms with Gasteiger partial charge in [-0.05, 0) is 43.0 Å². The molecule has 1 fully saturated rings. The number of ether oxygens (including phenoxy) is 1. The molecule has 0 saturated carbocycles. The van der Waals surface area contributed by atoms with Crippen LogP contribution in [0.25, 0.3) is 0 Å². The fraction of sp³-hybridized carbons (Fsp3) is 0.294. The highest BCUT2D eigenvalue weighted by Gasteiger charge is 2.26. The molecule has 5 heteroatoms. The second-order valence-corrected chi connectivity index (χ2v) is 5.11. The summed E-state index contributed by atoms with van der Waals surface area (Å²) in [5.41, 5.74) is 0.493. The van der Waals surface area contributed by atoms with Gasteiger partial charge >= 0.3 is 0 Å². The van der Waals surface area contributed by atoms with E-state index in [0.29, 0.717) is 11.5 Å². The third-order valence-corrected chi connectivity index (χ3v) is 3.64. The number of halogens is 1. The Bertz CT molecular complexity index is 681. The Balaban J connectivity index is 1.82. The van der Waals surface area contributed by atoms with E-state index < -0.39 is 0 Å². The maximum atomic E-state index is 13.8. The monoisotopic (exact) mass is 297 g/mol. The van der Waals surface area contributed by atoms with E-state index in [4.69, 9.17) is 11.2 Å². The minimum Gasteiger partial charge on any atom is -0.467 e. The quantitative estimate of drug-likeness (QED) is 0.816. The molecule has 22 heavy (non-hydrogen) atoms. The molecule has 1 aliphatic heterocycles. The average Bonchev–Trinajstić information content (AvgIpc) is 2.58. The number of nitrogens with zero attached hydrogens (tertiary/aromatic N) is 3. The molecule has 1 atom stereocenters. The van der Waals surface area contributed by atoms with Crippen LogP contribution >= 0.6 is 0 Å². The Morgan fingerprint density at radius 2 is 2.05 bits per heavy atom. The third kappa shape index (κ3) is 3.01. The van der Waals surface area contributed by atoms with Gasteiger partial charge in [-0.15, -0.1) is 16.6 Å². The first kappa shape index (κ1) is 14.3. The van der Waals surface area contributed by atoms with E-state index in [9.17, 15) is 4.39 Å². The van der Waals surface area contributed by atoms with Crippen LogP contribution in [0.1, 0.15) is 25.0 Å². The highest BCUT2D eigenvalue weighted by atomic mass is 19.1. The van der Waals surface area contributed by atoms with Crippen molar-refractivity contribution in [3.05, 3.63) is 47.9 Å². The fourth-order valence-corrected chi connectivity index (χ4v) is 2.53. The summed E-state index contributed by atoms with van der Waals surface area (Å²) in [5.74, 6) is 3.03. The zero-order valence-electron chi connectivity index (χ0n) is 12.1. The van der Waals surface area contributed by atoms with Crippen molar-refractivity contribution < 1.29 is 9.13 Å². The van der Waals surface area contributed by atoms with E-state index in [1.165, 1.54) is 6.07 Å². The number of aromatic nitrogens is 2. The molecule has 0 spiro atoms. The third-order valence-electron chi connectivity index (χ3n) is 3.64. The lowest BCUT2D eigenvalue weighted by molar-refractivity contribution is 0.157. The second kappa shape index (κ2) is 6.44. The number of piperidine rings is 1. The smallest absolute Gasteiger partial charge is 0.173 e. The van der Waals surface area contributed by atoms with Gasteiger partial charge in [0.25, 0.3) is 0 Å². The molecule has 2 heterocycles. The van der Waals surface area contributed by atoms with Crippen molar-refractivity contribution in [1.82, 2.24) is 10.2 Å². The average molecular weight is 297 g/mol. The van der Waals surface area contributed by atoms with Gasteiger partial charge in [0.15, 0.2) is 23.6 Å². The van der Waals surface area contributed by atoms with Crippen LogP contribution in [0, 0.1) is 18.2 Å². The molecular formula is C17H16FN3O. The van der Waals surface area contributed by atoms with Gasteiger partial charge in [-0.1, -0.05) is 12.1 Å². The number of terminal acetylenes is 1. The van der Waals surface area contributed by atoms with Gasteiger partial charge in [0.05, 0.1) is 0 Å². The predicted molar refractivity (Wildman–Crippen MR) is 82.0 cm³/mol. The first-order valence-electron chi connectivity index (χ1n) is 7.26. The summed E-state index contributed by atoms with van der Waals surface area (Å²) in [7, 11) is 0. The molecule has 0 aliphatic carbocycles. The lowest BCUT2D eigenvalue weighted by Crippen LogP contribution is -2.44. The van der Waals surface area contributed by atoms with E-state index in [-0.39, 0.29) is 17.8 Å². The fourth-order valence-electron chi connectivity index (χ4n) is 2.53. The van der Waals surface area contributed by atoms with Crippen LogP contribution in [0.5, 0.6) is 5.75 Å². The van der Waals surface area contributed by atoms with Crippen LogP contribution in [-0.2, 0) is 0 Å². The van der Waals surface area contributed by atoms with Crippen molar-refractivity contribution in [3.8, 4) is 18.1 Å². The molecule has 1 aromatic heterocycles. The van der Waals surface area contributed by atoms with Crippen LogP contribution in [0.2, 0.25) is 0 Å². The van der Waals surface area contributed by atoms with Crippen LogP contribution in [0.4, 0.5) is 10.2 Å². The Morgan fingerprint density at radius 1 is 1.18 bits per heavy atom. The zero-order chi connectivity index (χ0) is 15.4. The molecule has 1 aliphatic rings. The molecule has 2 aromatic rings. The zero-order valence-corrected chi connectivity index (χ0v) is 12.1. The van der Waals surface area contributed by atoms with Gasteiger partial charge in [0.2, 0.25) is 0 Å². The van der Waals surface area contributed by atoms with Gasteiger partial charge in [-0.25, -0.2) is 4.39 Å². The van der Waals surface area contributed by atoms with E-state index in [1.807, 2.05) is 11.0 Å². The predicted octanol–water partition coefficient (Wildman–Crippen LogP) is 2.99. The summed E-state index contributed by atoms with van der Waals surface area (Å²) >= 11 is 0. The Kier molecular flexibility index (Phi) is 4.19. The van der Waals surface area contributed by atoms with Crippen LogP contribution in [0.3, 0.4) is 0 Å². The summed E-state index contributed by atoms with van der Waals surface area (Å²) < 4.78 is 19.6. The maximum Gasteiger partial charge on any atom is 0.173 e. The highest BCUT2D eigenvalue weighted by molar-refractivity contribution is 5.41. The van der Waals surface area contributed by atoms with Crippen molar-refractivity contribution in [3.63, 3.8) is 0 Å². The van der Waals surface area contributed by atoms with Crippen LogP contribution in [-0.4, -0.2) is 23.0 Å². The summed E-state index contributed by atoms with van der Waals surface area (Å²) in [6.07, 6.45) is 7.92. The number of benzene rings is 1. The van der Waals surface area contributed by atoms with Crippen molar-refractivity contribution in [2.45, 2.75) is 25.5 Å². The number of hydrogen-bond acceptors (Lipinski definition) is 4. The first-order chi connectivity index (χ1) is 10.8. The second-order valence-electron chi connectivity index (χ2n) is 5.11. The summed E-state index contributed by atoms with van der Waals surface area (Å²) in [6, 6.07) is 10.00. The molecular weight excluding hydrogens is 281 g/mol. The molecule has 0 bridgehead atoms. The Morgan fingerprint density at radius 3 is 2.77 bits per heavy atom. The summed E-state index contributed by atoms with van der Waals surface area (Å²) in [4.78, 5) is 2.00. The van der Waals surface area contributed by atoms with E-state index in [0.717, 1.165) is 25.8 Å². The maximum absolute atomic E-state index is 13.8. The molecule has 0 N–H and O–H groups in total. The molecule has 0 amide bonds. The molecule has 1 saturated heterocycles. The lowest BCUT2D eigenvalue weighted by Gasteiger charge is -2.36. The molecule has 1 unspecified atom stereocenters. The van der Waals surface area contributed by atoms with Gasteiger partial charge in [-0.3, -0.25) is 0 Å². The van der Waals surface area contributed by atoms with Crippen LogP contribution in [0.15, 0.2) is 36.4 Å². The topological polar surface area (TPSA) is 38.2 Å². The summed E-state index contributed by atoms with van der Waals surface area (Å²) in [6.45, 7) is 0.795. The molecule has 0 radical (unpaired) electrons. The lowest BCUT2D eigenvalue weighted by atomic mass is 10.1. The Labute approximate surface area is 128 Å². The standard InChI is InChI=1S/C17H16FN3O/c1-2-13-10-11-16(20-19-13)21-12-6-5-9-17(21)22-15-8-4-3-7-14(15)18/h1,3-4,7-8,10-11,17H,5-6,9,12H2. The van der Waals surface area contributed by atoms with Crippen molar-refractivity contribution in [1.29, 1.82) is 0 Å². The van der Waals surface area contributed by atoms with Gasteiger partial charge in [-0.2, -0.15) is 0 Å². The van der Waals surface area contributed by atoms with Crippen molar-refractivity contribution in [2.75, 3.05) is 11.4 Å². The molecule has 4 nitrogen and oxygen atoms in total. The first-order valence-corrected chi connectivity index (χ1v) is 7.26. The number of para-hydroxylation sites is 1. The van der Waals surface area contributed by atoms with E-state index in [1.54, 1.807) is 24.3 Å². The number of rotatable bonds is 3. The van der Waals surface area contributed by atoms with Gasteiger partial charge in [0.1, 0.15) is 5.69 Å². The molecule has 1 aromatic carbocycles. The minimum absolute atomic E-state index is 0.253. The van der Waals surface area contributed by atoms with Gasteiger partial charge in [0, 0.05) is 13.0 Å². The Hall–Kier alpha value is -2.61. The van der Waals surface area contributed by atoms with Crippen LogP contribution < -0.4 is 9.64 Å². The van der Waals surface area contributed by atoms with Crippen molar-refractivity contribution in [2.24, 2.45) is 0 Å². The largest absolute Gasteiger partial charge is 0.467 e. The summed E-state index contributed by atoms with van der Waals surface area (Å²) in [5, 5.41) is 8.12. The molecule has 112 valence electrons. The number of anilines is 1. The number of hydrogen-bond donors (Lipinski definition) is 0. The van der Waals surface area contributed by atoms with E-state index >= 15 is 0 Å². The van der Waals surface area contributed by atoms with Gasteiger partial charge < -0.3 is 9.64 Å². The SMILES string of the molecule is C#Cc1ccc(N2CCCCC2Oc2ccccc2F)nn1. The van der Waals surface area contributed by atoms with Crippen molar-refractivity contribution >= 4 is 5.82 Å². The minimum atomic E-state index is -0.359. The molecule has 3 rings (SSSR count).